The maximum Gasteiger partial charge on any atom is 0.159 e. The molecule has 36 heavy (non-hydrogen) atoms. The van der Waals surface area contributed by atoms with Gasteiger partial charge in [0.15, 0.2) is 5.82 Å². The van der Waals surface area contributed by atoms with Gasteiger partial charge in [-0.3, -0.25) is 5.10 Å². The largest absolute Gasteiger partial charge is 0.497 e. The Bertz CT molecular complexity index is 1530. The number of piperazine rings is 1. The highest BCUT2D eigenvalue weighted by Gasteiger charge is 2.17. The van der Waals surface area contributed by atoms with Crippen LogP contribution in [0, 0.1) is 5.82 Å². The number of anilines is 2. The van der Waals surface area contributed by atoms with Crippen molar-refractivity contribution in [2.75, 3.05) is 50.6 Å². The Morgan fingerprint density at radius 1 is 1.00 bits per heavy atom. The summed E-state index contributed by atoms with van der Waals surface area (Å²) in [5, 5.41) is 11.9. The average molecular weight is 486 g/mol. The predicted octanol–water partition coefficient (Wildman–Crippen LogP) is 4.62. The van der Waals surface area contributed by atoms with Gasteiger partial charge in [-0.1, -0.05) is 0 Å². The van der Waals surface area contributed by atoms with E-state index in [9.17, 15) is 4.39 Å². The first-order valence-corrected chi connectivity index (χ1v) is 12.1. The van der Waals surface area contributed by atoms with E-state index in [0.717, 1.165) is 65.3 Å². The number of rotatable bonds is 6. The summed E-state index contributed by atoms with van der Waals surface area (Å²) in [6.45, 7) is 4.52. The Labute approximate surface area is 208 Å². The van der Waals surface area contributed by atoms with E-state index >= 15 is 0 Å². The number of H-pyrrole nitrogens is 2. The fourth-order valence-electron chi connectivity index (χ4n) is 4.69. The molecule has 0 radical (unpaired) electrons. The first kappa shape index (κ1) is 22.4. The van der Waals surface area contributed by atoms with Crippen molar-refractivity contribution in [2.45, 2.75) is 6.54 Å². The number of nitrogens with one attached hydrogen (secondary N) is 3. The lowest BCUT2D eigenvalue weighted by Crippen LogP contribution is -2.44. The molecule has 3 heterocycles. The smallest absolute Gasteiger partial charge is 0.159 e. The number of halogens is 1. The third-order valence-electron chi connectivity index (χ3n) is 6.86. The van der Waals surface area contributed by atoms with E-state index in [4.69, 9.17) is 9.72 Å². The van der Waals surface area contributed by atoms with Gasteiger partial charge in [0, 0.05) is 55.0 Å². The zero-order valence-corrected chi connectivity index (χ0v) is 20.3. The van der Waals surface area contributed by atoms with E-state index < -0.39 is 0 Å². The lowest BCUT2D eigenvalue weighted by Gasteiger charge is -2.34. The molecule has 0 unspecified atom stereocenters. The van der Waals surface area contributed by atoms with Gasteiger partial charge in [-0.05, 0) is 61.6 Å². The van der Waals surface area contributed by atoms with Crippen molar-refractivity contribution >= 4 is 33.3 Å². The Morgan fingerprint density at radius 3 is 2.69 bits per heavy atom. The fraction of sp³-hybridized carbons (Fsp3) is 0.259. The molecule has 0 amide bonds. The van der Waals surface area contributed by atoms with E-state index in [1.165, 1.54) is 11.8 Å². The predicted molar refractivity (Wildman–Crippen MR) is 141 cm³/mol. The molecule has 0 spiro atoms. The molecule has 1 fully saturated rings. The van der Waals surface area contributed by atoms with Gasteiger partial charge < -0.3 is 24.8 Å². The molecule has 1 aliphatic heterocycles. The molecular formula is C27H28FN7O. The summed E-state index contributed by atoms with van der Waals surface area (Å²) in [4.78, 5) is 13.0. The second kappa shape index (κ2) is 9.16. The van der Waals surface area contributed by atoms with Gasteiger partial charge in [0.25, 0.3) is 0 Å². The van der Waals surface area contributed by atoms with E-state index in [1.807, 2.05) is 18.2 Å². The van der Waals surface area contributed by atoms with Crippen molar-refractivity contribution in [3.05, 3.63) is 66.0 Å². The lowest BCUT2D eigenvalue weighted by molar-refractivity contribution is 0.313. The SMILES string of the molecule is COc1ccc(F)c(CNc2ccc3c(-c4nc5ccc(N6CCN(C)CC6)cc5[nH]4)n[nH]c3c2)c1. The number of methoxy groups -OCH3 is 1. The molecule has 3 N–H and O–H groups in total. The molecule has 184 valence electrons. The van der Waals surface area contributed by atoms with Crippen molar-refractivity contribution in [1.29, 1.82) is 0 Å². The van der Waals surface area contributed by atoms with Gasteiger partial charge >= 0.3 is 0 Å². The normalized spacial score (nSPS) is 14.6. The number of nitrogens with zero attached hydrogens (tertiary/aromatic N) is 4. The van der Waals surface area contributed by atoms with Crippen molar-refractivity contribution < 1.29 is 9.13 Å². The Kier molecular flexibility index (Phi) is 5.69. The number of aromatic amines is 2. The second-order valence-electron chi connectivity index (χ2n) is 9.22. The quantitative estimate of drug-likeness (QED) is 0.326. The average Bonchev–Trinajstić information content (AvgIpc) is 3.52. The molecule has 9 heteroatoms. The third-order valence-corrected chi connectivity index (χ3v) is 6.86. The van der Waals surface area contributed by atoms with Crippen LogP contribution in [0.1, 0.15) is 5.56 Å². The van der Waals surface area contributed by atoms with Crippen LogP contribution in [0.2, 0.25) is 0 Å². The molecule has 1 aliphatic rings. The molecule has 8 nitrogen and oxygen atoms in total. The van der Waals surface area contributed by atoms with Gasteiger partial charge in [0.2, 0.25) is 0 Å². The first-order chi connectivity index (χ1) is 17.6. The number of fused-ring (bicyclic) bond motifs is 2. The summed E-state index contributed by atoms with van der Waals surface area (Å²) in [5.74, 6) is 1.09. The zero-order chi connectivity index (χ0) is 24.6. The van der Waals surface area contributed by atoms with Crippen LogP contribution in [-0.4, -0.2) is 65.4 Å². The number of hydrogen-bond donors (Lipinski definition) is 3. The van der Waals surface area contributed by atoms with Crippen molar-refractivity contribution in [3.63, 3.8) is 0 Å². The minimum absolute atomic E-state index is 0.270. The molecule has 0 aliphatic carbocycles. The second-order valence-corrected chi connectivity index (χ2v) is 9.22. The number of ether oxygens (including phenoxy) is 1. The van der Waals surface area contributed by atoms with E-state index in [0.29, 0.717) is 17.9 Å². The summed E-state index contributed by atoms with van der Waals surface area (Å²) in [5.41, 5.74) is 6.17. The van der Waals surface area contributed by atoms with Crippen LogP contribution in [-0.2, 0) is 6.54 Å². The third kappa shape index (κ3) is 4.22. The maximum absolute atomic E-state index is 14.2. The van der Waals surface area contributed by atoms with Gasteiger partial charge in [-0.25, -0.2) is 9.37 Å². The summed E-state index contributed by atoms with van der Waals surface area (Å²) >= 11 is 0. The fourth-order valence-corrected chi connectivity index (χ4v) is 4.69. The van der Waals surface area contributed by atoms with Crippen LogP contribution < -0.4 is 15.0 Å². The number of likely N-dealkylation sites (N-methyl/N-ethyl adjacent to an activating group) is 1. The summed E-state index contributed by atoms with van der Waals surface area (Å²) in [6.07, 6.45) is 0. The van der Waals surface area contributed by atoms with Crippen LogP contribution in [0.15, 0.2) is 54.6 Å². The molecule has 0 saturated carbocycles. The molecule has 1 saturated heterocycles. The van der Waals surface area contributed by atoms with E-state index in [2.05, 4.69) is 55.5 Å². The maximum atomic E-state index is 14.2. The van der Waals surface area contributed by atoms with Crippen LogP contribution in [0.3, 0.4) is 0 Å². The molecular weight excluding hydrogens is 457 g/mol. The molecule has 3 aromatic carbocycles. The van der Waals surface area contributed by atoms with Crippen LogP contribution in [0.25, 0.3) is 33.5 Å². The van der Waals surface area contributed by atoms with Crippen LogP contribution in [0.5, 0.6) is 5.75 Å². The van der Waals surface area contributed by atoms with E-state index in [1.54, 1.807) is 19.2 Å². The van der Waals surface area contributed by atoms with Crippen molar-refractivity contribution in [3.8, 4) is 17.3 Å². The standard InChI is InChI=1S/C27H28FN7O/c1-34-9-11-35(12-10-34)19-4-8-23-25(15-19)31-27(30-23)26-21-6-3-18(14-24(21)32-33-26)29-16-17-13-20(36-2)5-7-22(17)28/h3-8,13-15,29H,9-12,16H2,1-2H3,(H,30,31)(H,32,33). The Hall–Kier alpha value is -4.11. The molecule has 2 aromatic heterocycles. The zero-order valence-electron chi connectivity index (χ0n) is 20.3. The number of aromatic nitrogens is 4. The molecule has 5 aromatic rings. The monoisotopic (exact) mass is 485 g/mol. The first-order valence-electron chi connectivity index (χ1n) is 12.1. The minimum Gasteiger partial charge on any atom is -0.497 e. The van der Waals surface area contributed by atoms with E-state index in [-0.39, 0.29) is 5.82 Å². The van der Waals surface area contributed by atoms with Gasteiger partial charge in [-0.2, -0.15) is 5.10 Å². The highest BCUT2D eigenvalue weighted by atomic mass is 19.1. The van der Waals surface area contributed by atoms with Gasteiger partial charge in [0.05, 0.1) is 23.7 Å². The highest BCUT2D eigenvalue weighted by molar-refractivity contribution is 5.95. The lowest BCUT2D eigenvalue weighted by atomic mass is 10.1. The molecule has 6 rings (SSSR count). The summed E-state index contributed by atoms with van der Waals surface area (Å²) < 4.78 is 19.4. The van der Waals surface area contributed by atoms with Crippen LogP contribution >= 0.6 is 0 Å². The molecule has 0 atom stereocenters. The van der Waals surface area contributed by atoms with Gasteiger partial charge in [-0.15, -0.1) is 0 Å². The van der Waals surface area contributed by atoms with Crippen molar-refractivity contribution in [1.82, 2.24) is 25.1 Å². The summed E-state index contributed by atoms with van der Waals surface area (Å²) in [7, 11) is 3.73. The minimum atomic E-state index is -0.270. The number of imidazole rings is 1. The molecule has 0 bridgehead atoms. The Balaban J connectivity index is 1.23. The topological polar surface area (TPSA) is 85.1 Å². The summed E-state index contributed by atoms with van der Waals surface area (Å²) in [6, 6.07) is 17.1. The van der Waals surface area contributed by atoms with Crippen molar-refractivity contribution in [2.24, 2.45) is 0 Å². The van der Waals surface area contributed by atoms with Gasteiger partial charge in [0.1, 0.15) is 17.3 Å². The van der Waals surface area contributed by atoms with Crippen LogP contribution in [0.4, 0.5) is 15.8 Å². The number of hydrogen-bond acceptors (Lipinski definition) is 6. The highest BCUT2D eigenvalue weighted by Crippen LogP contribution is 2.30. The number of benzene rings is 3. The Morgan fingerprint density at radius 2 is 1.86 bits per heavy atom.